The molecule has 1 aromatic rings. The summed E-state index contributed by atoms with van der Waals surface area (Å²) in [6.07, 6.45) is 0.772. The van der Waals surface area contributed by atoms with Crippen LogP contribution in [-0.2, 0) is 4.74 Å². The van der Waals surface area contributed by atoms with Gasteiger partial charge in [0, 0.05) is 44.5 Å². The van der Waals surface area contributed by atoms with Crippen LogP contribution in [-0.4, -0.2) is 64.2 Å². The summed E-state index contributed by atoms with van der Waals surface area (Å²) in [5, 5.41) is 5.64. The molecule has 2 amide bonds. The van der Waals surface area contributed by atoms with Gasteiger partial charge in [0.15, 0.2) is 0 Å². The van der Waals surface area contributed by atoms with Gasteiger partial charge in [0.05, 0.1) is 0 Å². The van der Waals surface area contributed by atoms with Gasteiger partial charge in [0.2, 0.25) is 0 Å². The predicted octanol–water partition coefficient (Wildman–Crippen LogP) is 0.744. The van der Waals surface area contributed by atoms with Crippen molar-refractivity contribution in [1.82, 2.24) is 15.5 Å². The number of carbonyl (C=O) groups excluding carboxylic acids is 2. The van der Waals surface area contributed by atoms with Crippen LogP contribution < -0.4 is 10.6 Å². The molecule has 0 heterocycles. The van der Waals surface area contributed by atoms with E-state index < -0.39 is 0 Å². The molecule has 0 radical (unpaired) electrons. The molecule has 0 spiro atoms. The Balaban J connectivity index is 2.44. The van der Waals surface area contributed by atoms with E-state index in [0.29, 0.717) is 30.8 Å². The molecular formula is C16H25N3O3. The van der Waals surface area contributed by atoms with Crippen molar-refractivity contribution in [3.8, 4) is 0 Å². The summed E-state index contributed by atoms with van der Waals surface area (Å²) < 4.78 is 4.92. The Bertz CT molecular complexity index is 472. The number of carbonyl (C=O) groups is 2. The largest absolute Gasteiger partial charge is 0.385 e. The fourth-order valence-electron chi connectivity index (χ4n) is 1.79. The molecule has 1 aromatic carbocycles. The van der Waals surface area contributed by atoms with Crippen LogP contribution >= 0.6 is 0 Å². The van der Waals surface area contributed by atoms with Gasteiger partial charge in [-0.2, -0.15) is 0 Å². The van der Waals surface area contributed by atoms with Crippen molar-refractivity contribution in [2.75, 3.05) is 47.4 Å². The zero-order valence-corrected chi connectivity index (χ0v) is 13.5. The number of rotatable bonds is 9. The van der Waals surface area contributed by atoms with Crippen molar-refractivity contribution in [2.45, 2.75) is 6.42 Å². The lowest BCUT2D eigenvalue weighted by molar-refractivity contribution is 0.0937. The summed E-state index contributed by atoms with van der Waals surface area (Å²) in [7, 11) is 5.53. The molecule has 6 heteroatoms. The molecule has 0 aliphatic carbocycles. The van der Waals surface area contributed by atoms with Gasteiger partial charge in [-0.15, -0.1) is 0 Å². The number of benzene rings is 1. The van der Waals surface area contributed by atoms with Crippen LogP contribution in [0.4, 0.5) is 0 Å². The molecule has 0 fully saturated rings. The smallest absolute Gasteiger partial charge is 0.251 e. The number of ether oxygens (including phenoxy) is 1. The third kappa shape index (κ3) is 6.69. The molecule has 1 rings (SSSR count). The number of amides is 2. The Hall–Kier alpha value is -1.92. The normalized spacial score (nSPS) is 10.5. The third-order valence-corrected chi connectivity index (χ3v) is 3.06. The SMILES string of the molecule is COCCCNC(=O)c1ccc(C(=O)NCCN(C)C)cc1. The number of hydrogen-bond donors (Lipinski definition) is 2. The molecule has 0 aliphatic heterocycles. The minimum absolute atomic E-state index is 0.131. The van der Waals surface area contributed by atoms with E-state index in [0.717, 1.165) is 13.0 Å². The van der Waals surface area contributed by atoms with Crippen molar-refractivity contribution < 1.29 is 14.3 Å². The first kappa shape index (κ1) is 18.1. The van der Waals surface area contributed by atoms with Gasteiger partial charge < -0.3 is 20.3 Å². The maximum absolute atomic E-state index is 11.9. The average molecular weight is 307 g/mol. The van der Waals surface area contributed by atoms with Crippen molar-refractivity contribution in [1.29, 1.82) is 0 Å². The quantitative estimate of drug-likeness (QED) is 0.660. The second-order valence-electron chi connectivity index (χ2n) is 5.24. The van der Waals surface area contributed by atoms with E-state index in [9.17, 15) is 9.59 Å². The lowest BCUT2D eigenvalue weighted by atomic mass is 10.1. The molecule has 6 nitrogen and oxygen atoms in total. The summed E-state index contributed by atoms with van der Waals surface area (Å²) in [4.78, 5) is 25.8. The van der Waals surface area contributed by atoms with Gasteiger partial charge in [-0.05, 0) is 44.8 Å². The fourth-order valence-corrected chi connectivity index (χ4v) is 1.79. The molecule has 0 saturated heterocycles. The first-order chi connectivity index (χ1) is 10.5. The Labute approximate surface area is 131 Å². The highest BCUT2D eigenvalue weighted by atomic mass is 16.5. The van der Waals surface area contributed by atoms with E-state index in [1.807, 2.05) is 19.0 Å². The van der Waals surface area contributed by atoms with Gasteiger partial charge in [0.1, 0.15) is 0 Å². The molecule has 0 unspecified atom stereocenters. The lowest BCUT2D eigenvalue weighted by Crippen LogP contribution is -2.31. The van der Waals surface area contributed by atoms with Crippen LogP contribution in [0.5, 0.6) is 0 Å². The zero-order chi connectivity index (χ0) is 16.4. The van der Waals surface area contributed by atoms with E-state index in [-0.39, 0.29) is 11.8 Å². The second-order valence-corrected chi connectivity index (χ2v) is 5.24. The summed E-state index contributed by atoms with van der Waals surface area (Å²) in [5.74, 6) is -0.274. The summed E-state index contributed by atoms with van der Waals surface area (Å²) >= 11 is 0. The zero-order valence-electron chi connectivity index (χ0n) is 13.5. The lowest BCUT2D eigenvalue weighted by Gasteiger charge is -2.10. The number of nitrogens with one attached hydrogen (secondary N) is 2. The first-order valence-corrected chi connectivity index (χ1v) is 7.34. The summed E-state index contributed by atoms with van der Waals surface area (Å²) in [5.41, 5.74) is 1.09. The van der Waals surface area contributed by atoms with E-state index in [2.05, 4.69) is 10.6 Å². The molecule has 0 aromatic heterocycles. The first-order valence-electron chi connectivity index (χ1n) is 7.34. The van der Waals surface area contributed by atoms with Crippen LogP contribution in [0.1, 0.15) is 27.1 Å². The Morgan fingerprint density at radius 3 is 1.95 bits per heavy atom. The van der Waals surface area contributed by atoms with Gasteiger partial charge >= 0.3 is 0 Å². The van der Waals surface area contributed by atoms with Gasteiger partial charge in [-0.3, -0.25) is 9.59 Å². The number of methoxy groups -OCH3 is 1. The Morgan fingerprint density at radius 2 is 1.50 bits per heavy atom. The summed E-state index contributed by atoms with van der Waals surface area (Å²) in [6.45, 7) is 2.56. The van der Waals surface area contributed by atoms with E-state index >= 15 is 0 Å². The Kier molecular flexibility index (Phi) is 8.17. The number of hydrogen-bond acceptors (Lipinski definition) is 4. The van der Waals surface area contributed by atoms with E-state index in [1.54, 1.807) is 31.4 Å². The molecule has 2 N–H and O–H groups in total. The maximum atomic E-state index is 11.9. The monoisotopic (exact) mass is 307 g/mol. The third-order valence-electron chi connectivity index (χ3n) is 3.06. The fraction of sp³-hybridized carbons (Fsp3) is 0.500. The molecular weight excluding hydrogens is 282 g/mol. The van der Waals surface area contributed by atoms with Crippen LogP contribution in [0.2, 0.25) is 0 Å². The molecule has 0 bridgehead atoms. The second kappa shape index (κ2) is 9.92. The number of nitrogens with zero attached hydrogens (tertiary/aromatic N) is 1. The highest BCUT2D eigenvalue weighted by Gasteiger charge is 2.08. The van der Waals surface area contributed by atoms with Crippen molar-refractivity contribution in [3.63, 3.8) is 0 Å². The topological polar surface area (TPSA) is 70.7 Å². The van der Waals surface area contributed by atoms with Crippen LogP contribution in [0.15, 0.2) is 24.3 Å². The molecule has 0 atom stereocenters. The van der Waals surface area contributed by atoms with Gasteiger partial charge in [0.25, 0.3) is 11.8 Å². The van der Waals surface area contributed by atoms with Gasteiger partial charge in [-0.25, -0.2) is 0 Å². The predicted molar refractivity (Wildman–Crippen MR) is 86.2 cm³/mol. The van der Waals surface area contributed by atoms with Gasteiger partial charge in [-0.1, -0.05) is 0 Å². The van der Waals surface area contributed by atoms with E-state index in [4.69, 9.17) is 4.74 Å². The van der Waals surface area contributed by atoms with Crippen molar-refractivity contribution >= 4 is 11.8 Å². The van der Waals surface area contributed by atoms with Crippen LogP contribution in [0, 0.1) is 0 Å². The number of likely N-dealkylation sites (N-methyl/N-ethyl adjacent to an activating group) is 1. The maximum Gasteiger partial charge on any atom is 0.251 e. The minimum atomic E-state index is -0.143. The van der Waals surface area contributed by atoms with E-state index in [1.165, 1.54) is 0 Å². The molecule has 0 aliphatic rings. The van der Waals surface area contributed by atoms with Crippen LogP contribution in [0.25, 0.3) is 0 Å². The van der Waals surface area contributed by atoms with Crippen LogP contribution in [0.3, 0.4) is 0 Å². The molecule has 0 saturated carbocycles. The summed E-state index contributed by atoms with van der Waals surface area (Å²) in [6, 6.07) is 6.64. The van der Waals surface area contributed by atoms with Crippen molar-refractivity contribution in [3.05, 3.63) is 35.4 Å². The highest BCUT2D eigenvalue weighted by molar-refractivity contribution is 5.97. The minimum Gasteiger partial charge on any atom is -0.385 e. The standard InChI is InChI=1S/C16H25N3O3/c1-19(2)11-10-18-16(21)14-7-5-13(6-8-14)15(20)17-9-4-12-22-3/h5-8H,4,9-12H2,1-3H3,(H,17,20)(H,18,21). The van der Waals surface area contributed by atoms with Crippen molar-refractivity contribution in [2.24, 2.45) is 0 Å². The average Bonchev–Trinajstić information content (AvgIpc) is 2.51. The molecule has 122 valence electrons. The molecule has 22 heavy (non-hydrogen) atoms. The Morgan fingerprint density at radius 1 is 1.00 bits per heavy atom. The highest BCUT2D eigenvalue weighted by Crippen LogP contribution is 2.04.